The summed E-state index contributed by atoms with van der Waals surface area (Å²) in [5, 5.41) is 7.03. The summed E-state index contributed by atoms with van der Waals surface area (Å²) in [6.07, 6.45) is 0. The number of nitrogens with one attached hydrogen (secondary N) is 1. The zero-order valence-corrected chi connectivity index (χ0v) is 15.2. The third kappa shape index (κ3) is 3.44. The molecule has 2 aromatic heterocycles. The van der Waals surface area contributed by atoms with Crippen molar-refractivity contribution in [2.75, 3.05) is 7.11 Å². The normalized spacial score (nSPS) is 11.1. The van der Waals surface area contributed by atoms with Crippen LogP contribution in [0.15, 0.2) is 35.1 Å². The summed E-state index contributed by atoms with van der Waals surface area (Å²) in [5.41, 5.74) is 1.65. The maximum atomic E-state index is 12.5. The molecule has 8 nitrogen and oxygen atoms in total. The van der Waals surface area contributed by atoms with Crippen molar-refractivity contribution in [3.05, 3.63) is 46.6 Å². The number of carbonyl (C=O) groups excluding carboxylic acids is 1. The molecule has 2 heterocycles. The molecule has 0 radical (unpaired) electrons. The van der Waals surface area contributed by atoms with Crippen molar-refractivity contribution in [3.8, 4) is 17.0 Å². The molecule has 136 valence electrons. The maximum absolute atomic E-state index is 12.5. The molecule has 0 spiro atoms. The van der Waals surface area contributed by atoms with Crippen molar-refractivity contribution in [1.82, 2.24) is 24.5 Å². The van der Waals surface area contributed by atoms with Gasteiger partial charge in [-0.25, -0.2) is 18.9 Å². The van der Waals surface area contributed by atoms with Crippen LogP contribution in [0.2, 0.25) is 0 Å². The maximum Gasteiger partial charge on any atom is 0.352 e. The zero-order chi connectivity index (χ0) is 18.8. The standard InChI is InChI=1S/C18H21N5O3/c1-11(2)19-17(24)10-22-18(25)23-12(3)20-15(9-16(23)21-22)13-5-7-14(26-4)8-6-13/h5-9,11H,10H2,1-4H3,(H,19,24). The Bertz CT molecular complexity index is 1000. The van der Waals surface area contributed by atoms with Crippen LogP contribution in [-0.2, 0) is 11.3 Å². The Morgan fingerprint density at radius 3 is 2.58 bits per heavy atom. The Labute approximate surface area is 150 Å². The largest absolute Gasteiger partial charge is 0.497 e. The van der Waals surface area contributed by atoms with E-state index in [0.717, 1.165) is 16.0 Å². The molecule has 0 atom stereocenters. The lowest BCUT2D eigenvalue weighted by molar-refractivity contribution is -0.122. The molecule has 1 N–H and O–H groups in total. The van der Waals surface area contributed by atoms with Gasteiger partial charge in [-0.3, -0.25) is 4.79 Å². The second kappa shape index (κ2) is 6.99. The average Bonchev–Trinajstić information content (AvgIpc) is 2.90. The first-order valence-corrected chi connectivity index (χ1v) is 8.30. The van der Waals surface area contributed by atoms with E-state index in [1.807, 2.05) is 38.1 Å². The summed E-state index contributed by atoms with van der Waals surface area (Å²) in [6.45, 7) is 5.33. The van der Waals surface area contributed by atoms with Crippen molar-refractivity contribution in [1.29, 1.82) is 0 Å². The van der Waals surface area contributed by atoms with Gasteiger partial charge in [0.05, 0.1) is 12.8 Å². The van der Waals surface area contributed by atoms with Crippen LogP contribution in [0.1, 0.15) is 19.7 Å². The molecule has 0 aliphatic heterocycles. The second-order valence-corrected chi connectivity index (χ2v) is 6.27. The van der Waals surface area contributed by atoms with Crippen LogP contribution < -0.4 is 15.7 Å². The Hall–Kier alpha value is -3.16. The lowest BCUT2D eigenvalue weighted by atomic mass is 10.1. The highest BCUT2D eigenvalue weighted by Crippen LogP contribution is 2.21. The van der Waals surface area contributed by atoms with E-state index in [-0.39, 0.29) is 24.2 Å². The van der Waals surface area contributed by atoms with Crippen molar-refractivity contribution in [3.63, 3.8) is 0 Å². The molecular formula is C18H21N5O3. The van der Waals surface area contributed by atoms with Gasteiger partial charge in [0.25, 0.3) is 0 Å². The fourth-order valence-electron chi connectivity index (χ4n) is 2.72. The van der Waals surface area contributed by atoms with Gasteiger partial charge in [-0.15, -0.1) is 5.10 Å². The fourth-order valence-corrected chi connectivity index (χ4v) is 2.72. The molecule has 0 fully saturated rings. The molecule has 0 saturated carbocycles. The van der Waals surface area contributed by atoms with E-state index in [0.29, 0.717) is 17.2 Å². The van der Waals surface area contributed by atoms with E-state index in [1.54, 1.807) is 20.1 Å². The van der Waals surface area contributed by atoms with Gasteiger partial charge in [-0.05, 0) is 45.0 Å². The number of hydrogen-bond donors (Lipinski definition) is 1. The van der Waals surface area contributed by atoms with Crippen molar-refractivity contribution in [2.24, 2.45) is 0 Å². The number of ether oxygens (including phenoxy) is 1. The molecule has 1 amide bonds. The molecule has 0 aliphatic rings. The molecule has 3 aromatic rings. The summed E-state index contributed by atoms with van der Waals surface area (Å²) >= 11 is 0. The van der Waals surface area contributed by atoms with Crippen LogP contribution in [0, 0.1) is 6.92 Å². The van der Waals surface area contributed by atoms with Gasteiger partial charge in [0.15, 0.2) is 5.65 Å². The molecule has 0 aliphatic carbocycles. The second-order valence-electron chi connectivity index (χ2n) is 6.27. The van der Waals surface area contributed by atoms with Gasteiger partial charge in [-0.2, -0.15) is 0 Å². The van der Waals surface area contributed by atoms with Gasteiger partial charge in [0.2, 0.25) is 5.91 Å². The number of rotatable bonds is 5. The van der Waals surface area contributed by atoms with Gasteiger partial charge < -0.3 is 10.1 Å². The van der Waals surface area contributed by atoms with E-state index in [9.17, 15) is 9.59 Å². The van der Waals surface area contributed by atoms with E-state index in [4.69, 9.17) is 4.74 Å². The number of hydrogen-bond acceptors (Lipinski definition) is 5. The third-order valence-electron chi connectivity index (χ3n) is 3.86. The van der Waals surface area contributed by atoms with Gasteiger partial charge >= 0.3 is 5.69 Å². The summed E-state index contributed by atoms with van der Waals surface area (Å²) in [6, 6.07) is 9.20. The van der Waals surface area contributed by atoms with Crippen molar-refractivity contribution in [2.45, 2.75) is 33.4 Å². The fraction of sp³-hybridized carbons (Fsp3) is 0.333. The predicted molar refractivity (Wildman–Crippen MR) is 97.3 cm³/mol. The van der Waals surface area contributed by atoms with Gasteiger partial charge in [0.1, 0.15) is 18.1 Å². The SMILES string of the molecule is COc1ccc(-c2cc3nn(CC(=O)NC(C)C)c(=O)n3c(C)n2)cc1. The summed E-state index contributed by atoms with van der Waals surface area (Å²) in [5.74, 6) is 1.00. The summed E-state index contributed by atoms with van der Waals surface area (Å²) < 4.78 is 7.71. The Balaban J connectivity index is 2.00. The highest BCUT2D eigenvalue weighted by Gasteiger charge is 2.15. The predicted octanol–water partition coefficient (Wildman–Crippen LogP) is 1.40. The highest BCUT2D eigenvalue weighted by atomic mass is 16.5. The van der Waals surface area contributed by atoms with E-state index >= 15 is 0 Å². The number of aromatic nitrogens is 4. The number of benzene rings is 1. The van der Waals surface area contributed by atoms with Gasteiger partial charge in [0, 0.05) is 17.7 Å². The monoisotopic (exact) mass is 355 g/mol. The number of aryl methyl sites for hydroxylation is 1. The van der Waals surface area contributed by atoms with Crippen LogP contribution >= 0.6 is 0 Å². The first-order chi connectivity index (χ1) is 12.4. The number of nitrogens with zero attached hydrogens (tertiary/aromatic N) is 4. The molecule has 1 aromatic carbocycles. The number of amides is 1. The average molecular weight is 355 g/mol. The summed E-state index contributed by atoms with van der Waals surface area (Å²) in [4.78, 5) is 29.0. The number of fused-ring (bicyclic) bond motifs is 1. The lowest BCUT2D eigenvalue weighted by Gasteiger charge is -2.06. The summed E-state index contributed by atoms with van der Waals surface area (Å²) in [7, 11) is 1.61. The van der Waals surface area contributed by atoms with Gasteiger partial charge in [-0.1, -0.05) is 0 Å². The molecule has 26 heavy (non-hydrogen) atoms. The van der Waals surface area contributed by atoms with E-state index in [2.05, 4.69) is 15.4 Å². The number of methoxy groups -OCH3 is 1. The number of carbonyl (C=O) groups is 1. The molecular weight excluding hydrogens is 334 g/mol. The quantitative estimate of drug-likeness (QED) is 0.747. The zero-order valence-electron chi connectivity index (χ0n) is 15.2. The molecule has 3 rings (SSSR count). The third-order valence-corrected chi connectivity index (χ3v) is 3.86. The van der Waals surface area contributed by atoms with E-state index in [1.165, 1.54) is 4.40 Å². The Morgan fingerprint density at radius 1 is 1.27 bits per heavy atom. The molecule has 0 bridgehead atoms. The van der Waals surface area contributed by atoms with Crippen LogP contribution in [-0.4, -0.2) is 38.2 Å². The topological polar surface area (TPSA) is 90.5 Å². The van der Waals surface area contributed by atoms with E-state index < -0.39 is 0 Å². The highest BCUT2D eigenvalue weighted by molar-refractivity contribution is 5.76. The minimum atomic E-state index is -0.384. The molecule has 0 saturated heterocycles. The van der Waals surface area contributed by atoms with Crippen LogP contribution in [0.3, 0.4) is 0 Å². The lowest BCUT2D eigenvalue weighted by Crippen LogP contribution is -2.36. The van der Waals surface area contributed by atoms with Crippen molar-refractivity contribution < 1.29 is 9.53 Å². The minimum Gasteiger partial charge on any atom is -0.497 e. The Kier molecular flexibility index (Phi) is 4.75. The van der Waals surface area contributed by atoms with Crippen LogP contribution in [0.25, 0.3) is 16.9 Å². The smallest absolute Gasteiger partial charge is 0.352 e. The van der Waals surface area contributed by atoms with Crippen molar-refractivity contribution >= 4 is 11.6 Å². The first-order valence-electron chi connectivity index (χ1n) is 8.30. The first kappa shape index (κ1) is 17.7. The van der Waals surface area contributed by atoms with Crippen LogP contribution in [0.5, 0.6) is 5.75 Å². The Morgan fingerprint density at radius 2 is 1.96 bits per heavy atom. The minimum absolute atomic E-state index is 0.000288. The molecule has 0 unspecified atom stereocenters. The van der Waals surface area contributed by atoms with Crippen LogP contribution in [0.4, 0.5) is 0 Å². The molecule has 8 heteroatoms.